The topological polar surface area (TPSA) is 111 Å². The molecule has 2 N–H and O–H groups in total. The zero-order valence-corrected chi connectivity index (χ0v) is 22.8. The summed E-state index contributed by atoms with van der Waals surface area (Å²) in [6.45, 7) is 7.37. The second-order valence-electron chi connectivity index (χ2n) is 10.3. The maximum atomic E-state index is 13.8. The normalized spacial score (nSPS) is 18.2. The molecule has 39 heavy (non-hydrogen) atoms. The molecule has 204 valence electrons. The zero-order valence-electron chi connectivity index (χ0n) is 22.8. The van der Waals surface area contributed by atoms with Crippen LogP contribution in [0.3, 0.4) is 0 Å². The molecule has 3 amide bonds. The summed E-state index contributed by atoms with van der Waals surface area (Å²) in [5, 5.41) is 4.48. The Hall–Kier alpha value is -4.14. The van der Waals surface area contributed by atoms with Crippen molar-refractivity contribution in [2.75, 3.05) is 22.9 Å². The third-order valence-electron chi connectivity index (χ3n) is 7.17. The Balaban J connectivity index is 0.000000983. The van der Waals surface area contributed by atoms with Crippen LogP contribution >= 0.6 is 0 Å². The summed E-state index contributed by atoms with van der Waals surface area (Å²) < 4.78 is 7.34. The van der Waals surface area contributed by atoms with Crippen molar-refractivity contribution in [1.82, 2.24) is 9.78 Å². The highest BCUT2D eigenvalue weighted by atomic mass is 16.5. The second-order valence-corrected chi connectivity index (χ2v) is 10.3. The van der Waals surface area contributed by atoms with E-state index in [4.69, 9.17) is 10.5 Å². The Labute approximate surface area is 228 Å². The number of anilines is 2. The van der Waals surface area contributed by atoms with Crippen LogP contribution in [0.4, 0.5) is 11.4 Å². The highest BCUT2D eigenvalue weighted by molar-refractivity contribution is 6.09. The summed E-state index contributed by atoms with van der Waals surface area (Å²) in [5.41, 5.74) is 9.96. The molecule has 3 aromatic rings. The third kappa shape index (κ3) is 5.01. The van der Waals surface area contributed by atoms with Gasteiger partial charge in [-0.3, -0.25) is 14.4 Å². The van der Waals surface area contributed by atoms with E-state index >= 15 is 0 Å². The summed E-state index contributed by atoms with van der Waals surface area (Å²) in [6, 6.07) is 13.2. The van der Waals surface area contributed by atoms with Crippen LogP contribution in [0, 0.1) is 0 Å². The van der Waals surface area contributed by atoms with Crippen LogP contribution in [0.15, 0.2) is 42.5 Å². The van der Waals surface area contributed by atoms with Crippen LogP contribution in [-0.4, -0.2) is 46.7 Å². The molecule has 6 rings (SSSR count). The number of rotatable bonds is 4. The summed E-state index contributed by atoms with van der Waals surface area (Å²) in [4.78, 5) is 41.8. The van der Waals surface area contributed by atoms with E-state index in [1.807, 2.05) is 49.4 Å². The van der Waals surface area contributed by atoms with E-state index in [2.05, 4.69) is 18.9 Å². The van der Waals surface area contributed by atoms with E-state index in [9.17, 15) is 14.4 Å². The second kappa shape index (κ2) is 10.9. The number of nitrogens with zero attached hydrogens (tertiary/aromatic N) is 4. The summed E-state index contributed by atoms with van der Waals surface area (Å²) in [5.74, 6) is 0.0513. The number of hydrogen-bond acceptors (Lipinski definition) is 5. The SMILES string of the molecule is CC1Cc2cc(-n3nc(C(N)=O)c4c3C(=O)N(c3ccc(N5CCCCC5=O)cc3)CC4)ccc2O1.CCC. The average Bonchev–Trinajstić information content (AvgIpc) is 3.50. The lowest BCUT2D eigenvalue weighted by Gasteiger charge is -2.29. The molecule has 0 radical (unpaired) electrons. The number of carbonyl (C=O) groups excluding carboxylic acids is 3. The first kappa shape index (κ1) is 26.5. The molecule has 1 atom stereocenters. The van der Waals surface area contributed by atoms with Crippen LogP contribution < -0.4 is 20.3 Å². The van der Waals surface area contributed by atoms with Crippen molar-refractivity contribution in [2.45, 2.75) is 65.4 Å². The smallest absolute Gasteiger partial charge is 0.277 e. The number of primary amides is 1. The predicted octanol–water partition coefficient (Wildman–Crippen LogP) is 4.43. The lowest BCUT2D eigenvalue weighted by Crippen LogP contribution is -2.39. The quantitative estimate of drug-likeness (QED) is 0.538. The lowest BCUT2D eigenvalue weighted by molar-refractivity contribution is -0.119. The average molecular weight is 530 g/mol. The van der Waals surface area contributed by atoms with Crippen molar-refractivity contribution in [3.63, 3.8) is 0 Å². The van der Waals surface area contributed by atoms with Gasteiger partial charge in [0.05, 0.1) is 5.69 Å². The van der Waals surface area contributed by atoms with Crippen molar-refractivity contribution < 1.29 is 19.1 Å². The maximum Gasteiger partial charge on any atom is 0.277 e. The van der Waals surface area contributed by atoms with Gasteiger partial charge in [-0.1, -0.05) is 20.3 Å². The van der Waals surface area contributed by atoms with Crippen LogP contribution in [0.2, 0.25) is 0 Å². The van der Waals surface area contributed by atoms with Gasteiger partial charge in [0.2, 0.25) is 5.91 Å². The fourth-order valence-electron chi connectivity index (χ4n) is 5.42. The molecular weight excluding hydrogens is 494 g/mol. The molecule has 4 heterocycles. The minimum absolute atomic E-state index is 0.0864. The Kier molecular flexibility index (Phi) is 7.41. The molecule has 0 aliphatic carbocycles. The molecule has 3 aliphatic rings. The first-order valence-corrected chi connectivity index (χ1v) is 13.8. The number of ether oxygens (including phenoxy) is 1. The molecule has 1 saturated heterocycles. The Bertz CT molecular complexity index is 1410. The minimum atomic E-state index is -0.653. The van der Waals surface area contributed by atoms with Crippen molar-refractivity contribution in [1.29, 1.82) is 0 Å². The van der Waals surface area contributed by atoms with Gasteiger partial charge in [-0.2, -0.15) is 5.10 Å². The number of aromatic nitrogens is 2. The van der Waals surface area contributed by atoms with Crippen LogP contribution in [0.25, 0.3) is 5.69 Å². The first-order chi connectivity index (χ1) is 18.8. The van der Waals surface area contributed by atoms with Crippen LogP contribution in [0.1, 0.15) is 78.6 Å². The molecule has 0 spiro atoms. The molecule has 2 aromatic carbocycles. The van der Waals surface area contributed by atoms with E-state index in [-0.39, 0.29) is 23.6 Å². The van der Waals surface area contributed by atoms with Crippen molar-refractivity contribution in [3.05, 3.63) is 65.0 Å². The van der Waals surface area contributed by atoms with Gasteiger partial charge in [0.25, 0.3) is 11.8 Å². The third-order valence-corrected chi connectivity index (χ3v) is 7.17. The standard InChI is InChI=1S/C27H27N5O4.C3H8/c1-16-14-17-15-20(9-10-22(17)36-16)32-25-21(24(29-32)26(28)34)11-13-31(27(25)35)19-7-5-18(6-8-19)30-12-3-2-4-23(30)33;1-3-2/h5-10,15-16H,2-4,11-14H2,1H3,(H2,28,34);3H2,1-2H3. The molecule has 0 saturated carbocycles. The summed E-state index contributed by atoms with van der Waals surface area (Å²) in [6.07, 6.45) is 5.03. The zero-order chi connectivity index (χ0) is 27.7. The molecule has 9 heteroatoms. The molecule has 0 bridgehead atoms. The number of carbonyl (C=O) groups is 3. The van der Waals surface area contributed by atoms with Gasteiger partial charge >= 0.3 is 0 Å². The monoisotopic (exact) mass is 529 g/mol. The van der Waals surface area contributed by atoms with E-state index < -0.39 is 5.91 Å². The maximum absolute atomic E-state index is 13.8. The summed E-state index contributed by atoms with van der Waals surface area (Å²) >= 11 is 0. The highest BCUT2D eigenvalue weighted by Gasteiger charge is 2.35. The largest absolute Gasteiger partial charge is 0.490 e. The van der Waals surface area contributed by atoms with Gasteiger partial charge in [-0.05, 0) is 74.2 Å². The number of amides is 3. The molecular formula is C30H35N5O4. The van der Waals surface area contributed by atoms with Gasteiger partial charge in [-0.25, -0.2) is 4.68 Å². The van der Waals surface area contributed by atoms with Gasteiger partial charge in [0.1, 0.15) is 17.5 Å². The van der Waals surface area contributed by atoms with Crippen LogP contribution in [0.5, 0.6) is 5.75 Å². The minimum Gasteiger partial charge on any atom is -0.490 e. The summed E-state index contributed by atoms with van der Waals surface area (Å²) in [7, 11) is 0. The molecule has 1 unspecified atom stereocenters. The van der Waals surface area contributed by atoms with Gasteiger partial charge in [0.15, 0.2) is 5.69 Å². The van der Waals surface area contributed by atoms with E-state index in [0.717, 1.165) is 42.0 Å². The van der Waals surface area contributed by atoms with E-state index in [0.29, 0.717) is 42.9 Å². The Morgan fingerprint density at radius 3 is 2.31 bits per heavy atom. The number of fused-ring (bicyclic) bond motifs is 2. The number of piperidine rings is 1. The molecule has 1 aromatic heterocycles. The fraction of sp³-hybridized carbons (Fsp3) is 0.400. The van der Waals surface area contributed by atoms with Gasteiger partial charge in [0, 0.05) is 42.9 Å². The van der Waals surface area contributed by atoms with Crippen molar-refractivity contribution in [3.8, 4) is 11.4 Å². The van der Waals surface area contributed by atoms with Crippen molar-refractivity contribution in [2.24, 2.45) is 5.73 Å². The molecule has 9 nitrogen and oxygen atoms in total. The van der Waals surface area contributed by atoms with Gasteiger partial charge < -0.3 is 20.3 Å². The number of hydrogen-bond donors (Lipinski definition) is 1. The number of nitrogens with two attached hydrogens (primary N) is 1. The molecule has 3 aliphatic heterocycles. The van der Waals surface area contributed by atoms with E-state index in [1.54, 1.807) is 9.80 Å². The predicted molar refractivity (Wildman–Crippen MR) is 150 cm³/mol. The van der Waals surface area contributed by atoms with E-state index in [1.165, 1.54) is 11.1 Å². The fourth-order valence-corrected chi connectivity index (χ4v) is 5.42. The first-order valence-electron chi connectivity index (χ1n) is 13.8. The Morgan fingerprint density at radius 1 is 0.974 bits per heavy atom. The number of benzene rings is 2. The highest BCUT2D eigenvalue weighted by Crippen LogP contribution is 2.34. The Morgan fingerprint density at radius 2 is 1.64 bits per heavy atom. The lowest BCUT2D eigenvalue weighted by atomic mass is 10.0. The molecule has 1 fully saturated rings. The van der Waals surface area contributed by atoms with Gasteiger partial charge in [-0.15, -0.1) is 0 Å². The van der Waals surface area contributed by atoms with Crippen molar-refractivity contribution >= 4 is 29.1 Å². The van der Waals surface area contributed by atoms with Crippen LogP contribution in [-0.2, 0) is 17.6 Å².